The highest BCUT2D eigenvalue weighted by Gasteiger charge is 2.23. The molecule has 0 saturated carbocycles. The topological polar surface area (TPSA) is 74.8 Å². The second-order valence-corrected chi connectivity index (χ2v) is 19.5. The zero-order chi connectivity index (χ0) is 49.8. The van der Waals surface area contributed by atoms with Crippen LogP contribution in [-0.4, -0.2) is 24.1 Å². The van der Waals surface area contributed by atoms with Crippen molar-refractivity contribution in [1.82, 2.24) is 24.1 Å². The SMILES string of the molecule is c1ccc(-c2nc(-c3ccccc3)nc(-c3ccc(-c4ccc5c(c4)oc4c(-c6cccc7c6oc6ccc(-n8c9ccccc9c9ccc%10c%11ccccc%11n(-c%11ccccc%11)c%10c98)cc67)cccc45)cc3)n2)cc1. The number of rotatable bonds is 7. The molecule has 0 N–H and O–H groups in total. The van der Waals surface area contributed by atoms with Crippen LogP contribution in [0, 0.1) is 0 Å². The zero-order valence-corrected chi connectivity index (χ0v) is 40.7. The Kier molecular flexibility index (Phi) is 9.20. The van der Waals surface area contributed by atoms with E-state index in [4.69, 9.17) is 23.8 Å². The maximum absolute atomic E-state index is 6.90. The monoisotopic (exact) mass is 971 g/mol. The van der Waals surface area contributed by atoms with Crippen molar-refractivity contribution in [1.29, 1.82) is 0 Å². The van der Waals surface area contributed by atoms with Gasteiger partial charge in [0.25, 0.3) is 0 Å². The Morgan fingerprint density at radius 2 is 0.711 bits per heavy atom. The molecule has 0 radical (unpaired) electrons. The van der Waals surface area contributed by atoms with E-state index in [0.717, 1.165) is 105 Å². The van der Waals surface area contributed by atoms with Crippen LogP contribution in [0.2, 0.25) is 0 Å². The smallest absolute Gasteiger partial charge is 0.164 e. The van der Waals surface area contributed by atoms with E-state index in [9.17, 15) is 0 Å². The van der Waals surface area contributed by atoms with Crippen LogP contribution in [0.5, 0.6) is 0 Å². The third-order valence-corrected chi connectivity index (χ3v) is 15.2. The van der Waals surface area contributed by atoms with Gasteiger partial charge in [0, 0.05) is 82.3 Å². The summed E-state index contributed by atoms with van der Waals surface area (Å²) in [6.07, 6.45) is 0. The van der Waals surface area contributed by atoms with Crippen molar-refractivity contribution >= 4 is 87.5 Å². The molecule has 11 aromatic carbocycles. The molecule has 7 heteroatoms. The number of nitrogens with zero attached hydrogens (tertiary/aromatic N) is 5. The summed E-state index contributed by atoms with van der Waals surface area (Å²) < 4.78 is 18.7. The molecule has 0 aliphatic rings. The summed E-state index contributed by atoms with van der Waals surface area (Å²) in [4.78, 5) is 14.8. The average Bonchev–Trinajstić information content (AvgIpc) is 4.38. The van der Waals surface area contributed by atoms with Gasteiger partial charge in [-0.05, 0) is 65.7 Å². The summed E-state index contributed by atoms with van der Waals surface area (Å²) >= 11 is 0. The van der Waals surface area contributed by atoms with Gasteiger partial charge in [0.15, 0.2) is 17.5 Å². The Bertz CT molecular complexity index is 4920. The molecule has 16 rings (SSSR count). The fourth-order valence-corrected chi connectivity index (χ4v) is 11.7. The van der Waals surface area contributed by atoms with Gasteiger partial charge in [-0.3, -0.25) is 0 Å². The lowest BCUT2D eigenvalue weighted by molar-refractivity contribution is 0.665. The molecular formula is C69H41N5O2. The first-order chi connectivity index (χ1) is 37.7. The van der Waals surface area contributed by atoms with Crippen molar-refractivity contribution < 1.29 is 8.83 Å². The normalized spacial score (nSPS) is 11.9. The summed E-state index contributed by atoms with van der Waals surface area (Å²) in [6, 6.07) is 87.3. The van der Waals surface area contributed by atoms with Gasteiger partial charge in [0.05, 0.1) is 22.1 Å². The molecule has 0 atom stereocenters. The Morgan fingerprint density at radius 3 is 1.30 bits per heavy atom. The van der Waals surface area contributed by atoms with Gasteiger partial charge < -0.3 is 18.0 Å². The molecule has 5 heterocycles. The van der Waals surface area contributed by atoms with E-state index in [1.165, 1.54) is 32.6 Å². The van der Waals surface area contributed by atoms with Crippen molar-refractivity contribution in [2.75, 3.05) is 0 Å². The summed E-state index contributed by atoms with van der Waals surface area (Å²) in [5.74, 6) is 1.89. The molecule has 16 aromatic rings. The van der Waals surface area contributed by atoms with Crippen LogP contribution in [0.1, 0.15) is 0 Å². The van der Waals surface area contributed by atoms with E-state index in [1.54, 1.807) is 0 Å². The Morgan fingerprint density at radius 1 is 0.263 bits per heavy atom. The number of aromatic nitrogens is 5. The fourth-order valence-electron chi connectivity index (χ4n) is 11.7. The molecule has 76 heavy (non-hydrogen) atoms. The highest BCUT2D eigenvalue weighted by molar-refractivity contribution is 6.24. The van der Waals surface area contributed by atoms with Gasteiger partial charge in [0.1, 0.15) is 22.3 Å². The van der Waals surface area contributed by atoms with Gasteiger partial charge >= 0.3 is 0 Å². The van der Waals surface area contributed by atoms with Crippen LogP contribution in [0.15, 0.2) is 258 Å². The lowest BCUT2D eigenvalue weighted by atomic mass is 9.99. The van der Waals surface area contributed by atoms with Crippen LogP contribution in [-0.2, 0) is 0 Å². The largest absolute Gasteiger partial charge is 0.455 e. The molecular weight excluding hydrogens is 931 g/mol. The molecule has 0 amide bonds. The molecule has 7 nitrogen and oxygen atoms in total. The minimum atomic E-state index is 0.618. The number of hydrogen-bond acceptors (Lipinski definition) is 5. The van der Waals surface area contributed by atoms with Gasteiger partial charge in [-0.2, -0.15) is 0 Å². The molecule has 354 valence electrons. The highest BCUT2D eigenvalue weighted by atomic mass is 16.3. The number of hydrogen-bond donors (Lipinski definition) is 0. The number of fused-ring (bicyclic) bond motifs is 13. The van der Waals surface area contributed by atoms with Crippen molar-refractivity contribution in [3.63, 3.8) is 0 Å². The van der Waals surface area contributed by atoms with Gasteiger partial charge in [-0.1, -0.05) is 194 Å². The maximum atomic E-state index is 6.90. The van der Waals surface area contributed by atoms with E-state index in [2.05, 4.69) is 197 Å². The summed E-state index contributed by atoms with van der Waals surface area (Å²) in [5.41, 5.74) is 17.0. The predicted molar refractivity (Wildman–Crippen MR) is 310 cm³/mol. The predicted octanol–water partition coefficient (Wildman–Crippen LogP) is 18.2. The van der Waals surface area contributed by atoms with Gasteiger partial charge in [-0.25, -0.2) is 15.0 Å². The number of furan rings is 2. The van der Waals surface area contributed by atoms with Crippen molar-refractivity contribution in [3.05, 3.63) is 249 Å². The number of para-hydroxylation sites is 5. The van der Waals surface area contributed by atoms with Crippen LogP contribution < -0.4 is 0 Å². The number of benzene rings is 11. The first-order valence-corrected chi connectivity index (χ1v) is 25.6. The maximum Gasteiger partial charge on any atom is 0.164 e. The first-order valence-electron chi connectivity index (χ1n) is 25.6. The van der Waals surface area contributed by atoms with Gasteiger partial charge in [-0.15, -0.1) is 0 Å². The van der Waals surface area contributed by atoms with E-state index in [-0.39, 0.29) is 0 Å². The summed E-state index contributed by atoms with van der Waals surface area (Å²) in [5, 5.41) is 9.05. The molecule has 0 aliphatic heterocycles. The second-order valence-electron chi connectivity index (χ2n) is 19.5. The lowest BCUT2D eigenvalue weighted by Crippen LogP contribution is -2.00. The second kappa shape index (κ2) is 16.6. The van der Waals surface area contributed by atoms with E-state index < -0.39 is 0 Å². The Balaban J connectivity index is 0.796. The minimum Gasteiger partial charge on any atom is -0.455 e. The average molecular weight is 972 g/mol. The Labute approximate surface area is 434 Å². The molecule has 5 aromatic heterocycles. The molecule has 0 spiro atoms. The quantitative estimate of drug-likeness (QED) is 0.159. The van der Waals surface area contributed by atoms with E-state index >= 15 is 0 Å². The summed E-state index contributed by atoms with van der Waals surface area (Å²) in [7, 11) is 0. The molecule has 0 unspecified atom stereocenters. The minimum absolute atomic E-state index is 0.618. The van der Waals surface area contributed by atoms with Crippen LogP contribution >= 0.6 is 0 Å². The van der Waals surface area contributed by atoms with Crippen molar-refractivity contribution in [2.24, 2.45) is 0 Å². The van der Waals surface area contributed by atoms with Crippen LogP contribution in [0.25, 0.3) is 155 Å². The van der Waals surface area contributed by atoms with Crippen LogP contribution in [0.4, 0.5) is 0 Å². The van der Waals surface area contributed by atoms with Crippen molar-refractivity contribution in [3.8, 4) is 67.8 Å². The van der Waals surface area contributed by atoms with E-state index in [0.29, 0.717) is 17.5 Å². The molecule has 0 saturated heterocycles. The fraction of sp³-hybridized carbons (Fsp3) is 0. The van der Waals surface area contributed by atoms with Gasteiger partial charge in [0.2, 0.25) is 0 Å². The molecule has 0 aliphatic carbocycles. The molecule has 0 bridgehead atoms. The first kappa shape index (κ1) is 42.2. The third kappa shape index (κ3) is 6.46. The standard InChI is InChI=1S/C69H41N5O2/c1-4-16-43(17-5-1)67-70-68(44-18-6-2-7-19-44)72-69(71-67)45-32-30-42(31-33-45)46-34-36-51-54-24-14-25-55(65(54)76-62(51)40-46)56-26-15-27-57-58-41-48(35-39-61(58)75-66(56)57)74-60-29-13-11-23-50(60)53-38-37-52-49-22-10-12-28-59(49)73(63(52)64(53)74)47-20-8-3-9-21-47/h1-41H. The van der Waals surface area contributed by atoms with E-state index in [1.807, 2.05) is 60.7 Å². The third-order valence-electron chi connectivity index (χ3n) is 15.2. The highest BCUT2D eigenvalue weighted by Crippen LogP contribution is 2.45. The Hall–Kier alpha value is -10.4. The van der Waals surface area contributed by atoms with Crippen LogP contribution in [0.3, 0.4) is 0 Å². The van der Waals surface area contributed by atoms with Crippen molar-refractivity contribution in [2.45, 2.75) is 0 Å². The molecule has 0 fully saturated rings. The zero-order valence-electron chi connectivity index (χ0n) is 40.7. The summed E-state index contributed by atoms with van der Waals surface area (Å²) in [6.45, 7) is 0. The lowest BCUT2D eigenvalue weighted by Gasteiger charge is -2.12.